The number of amides is 1. The van der Waals surface area contributed by atoms with E-state index in [1.165, 1.54) is 31.4 Å². The van der Waals surface area contributed by atoms with Gasteiger partial charge in [-0.15, -0.1) is 0 Å². The average Bonchev–Trinajstić information content (AvgIpc) is 2.55. The van der Waals surface area contributed by atoms with Crippen LogP contribution in [0.4, 0.5) is 18.9 Å². The second-order valence-electron chi connectivity index (χ2n) is 4.95. The summed E-state index contributed by atoms with van der Waals surface area (Å²) in [6, 6.07) is 8.36. The smallest absolute Gasteiger partial charge is 0.418 e. The van der Waals surface area contributed by atoms with Crippen molar-refractivity contribution in [2.24, 2.45) is 0 Å². The number of nitrogens with one attached hydrogen (secondary N) is 2. The summed E-state index contributed by atoms with van der Waals surface area (Å²) in [6.45, 7) is 0. The van der Waals surface area contributed by atoms with Crippen LogP contribution in [0.3, 0.4) is 0 Å². The van der Waals surface area contributed by atoms with Crippen LogP contribution in [-0.4, -0.2) is 18.1 Å². The van der Waals surface area contributed by atoms with Gasteiger partial charge in [0.15, 0.2) is 5.11 Å². The fourth-order valence-electron chi connectivity index (χ4n) is 2.00. The minimum absolute atomic E-state index is 0.237. The van der Waals surface area contributed by atoms with Crippen molar-refractivity contribution in [2.45, 2.75) is 6.18 Å². The zero-order chi connectivity index (χ0) is 19.5. The molecule has 0 aliphatic heterocycles. The first-order valence-corrected chi connectivity index (χ1v) is 9.22. The van der Waals surface area contributed by atoms with Crippen LogP contribution >= 0.6 is 50.7 Å². The molecule has 2 aromatic rings. The molecular weight excluding hydrogens is 548 g/mol. The van der Waals surface area contributed by atoms with Gasteiger partial charge in [0.1, 0.15) is 5.75 Å². The molecule has 0 bridgehead atoms. The van der Waals surface area contributed by atoms with Gasteiger partial charge >= 0.3 is 6.18 Å². The summed E-state index contributed by atoms with van der Waals surface area (Å²) in [4.78, 5) is 12.2. The maximum absolute atomic E-state index is 13.1. The van der Waals surface area contributed by atoms with Crippen LogP contribution in [0.25, 0.3) is 0 Å². The van der Waals surface area contributed by atoms with Crippen LogP contribution in [0, 0.1) is 3.57 Å². The van der Waals surface area contributed by atoms with Gasteiger partial charge in [0, 0.05) is 9.13 Å². The third-order valence-corrected chi connectivity index (χ3v) is 4.67. The van der Waals surface area contributed by atoms with Gasteiger partial charge < -0.3 is 10.1 Å². The summed E-state index contributed by atoms with van der Waals surface area (Å²) in [7, 11) is 1.48. The lowest BCUT2D eigenvalue weighted by molar-refractivity contribution is -0.137. The monoisotopic (exact) mass is 558 g/mol. The summed E-state index contributed by atoms with van der Waals surface area (Å²) >= 11 is 10.0. The number of thiocarbonyl (C=S) groups is 1. The number of rotatable bonds is 3. The standard InChI is InChI=1S/C16H11BrF3IN2O2S/c1-25-13-5-2-8(6-11(13)17)14(24)23-15(26)22-12-4-3-9(21)7-10(12)16(18,19)20/h2-7H,1H3,(H2,22,23,24,26). The number of hydrogen-bond acceptors (Lipinski definition) is 3. The molecule has 0 atom stereocenters. The maximum atomic E-state index is 13.1. The summed E-state index contributed by atoms with van der Waals surface area (Å²) in [5.74, 6) is -0.0270. The Labute approximate surface area is 174 Å². The highest BCUT2D eigenvalue weighted by atomic mass is 127. The van der Waals surface area contributed by atoms with Crippen molar-refractivity contribution in [2.75, 3.05) is 12.4 Å². The molecule has 0 saturated carbocycles. The van der Waals surface area contributed by atoms with Crippen LogP contribution in [0.2, 0.25) is 0 Å². The number of benzene rings is 2. The lowest BCUT2D eigenvalue weighted by Gasteiger charge is -2.16. The minimum Gasteiger partial charge on any atom is -0.496 e. The van der Waals surface area contributed by atoms with Gasteiger partial charge in [0.25, 0.3) is 5.91 Å². The Balaban J connectivity index is 2.14. The summed E-state index contributed by atoms with van der Waals surface area (Å²) in [6.07, 6.45) is -4.55. The number of methoxy groups -OCH3 is 1. The number of alkyl halides is 3. The molecule has 4 nitrogen and oxygen atoms in total. The Bertz CT molecular complexity index is 862. The van der Waals surface area contributed by atoms with E-state index in [-0.39, 0.29) is 16.4 Å². The third kappa shape index (κ3) is 5.30. The van der Waals surface area contributed by atoms with Crippen LogP contribution in [0.15, 0.2) is 40.9 Å². The molecule has 2 aromatic carbocycles. The van der Waals surface area contributed by atoms with Gasteiger partial charge in [-0.1, -0.05) is 0 Å². The molecule has 0 aliphatic rings. The Morgan fingerprint density at radius 2 is 1.92 bits per heavy atom. The number of anilines is 1. The zero-order valence-electron chi connectivity index (χ0n) is 13.1. The zero-order valence-corrected chi connectivity index (χ0v) is 17.6. The highest BCUT2D eigenvalue weighted by Gasteiger charge is 2.34. The van der Waals surface area contributed by atoms with Crippen molar-refractivity contribution in [3.05, 3.63) is 55.6 Å². The number of hydrogen-bond donors (Lipinski definition) is 2. The van der Waals surface area contributed by atoms with E-state index in [9.17, 15) is 18.0 Å². The largest absolute Gasteiger partial charge is 0.496 e. The van der Waals surface area contributed by atoms with E-state index in [1.54, 1.807) is 28.7 Å². The van der Waals surface area contributed by atoms with E-state index >= 15 is 0 Å². The van der Waals surface area contributed by atoms with E-state index in [1.807, 2.05) is 0 Å². The quantitative estimate of drug-likeness (QED) is 0.401. The molecule has 2 N–H and O–H groups in total. The number of ether oxygens (including phenoxy) is 1. The Kier molecular flexibility index (Phi) is 6.86. The molecule has 10 heteroatoms. The predicted octanol–water partition coefficient (Wildman–Crippen LogP) is 5.21. The highest BCUT2D eigenvalue weighted by molar-refractivity contribution is 14.1. The molecule has 0 radical (unpaired) electrons. The molecule has 0 unspecified atom stereocenters. The van der Waals surface area contributed by atoms with Crippen molar-refractivity contribution in [3.8, 4) is 5.75 Å². The predicted molar refractivity (Wildman–Crippen MR) is 109 cm³/mol. The van der Waals surface area contributed by atoms with Crippen molar-refractivity contribution >= 4 is 67.4 Å². The molecule has 0 aliphatic carbocycles. The molecule has 0 spiro atoms. The van der Waals surface area contributed by atoms with Crippen molar-refractivity contribution in [1.29, 1.82) is 0 Å². The average molecular weight is 559 g/mol. The first-order valence-electron chi connectivity index (χ1n) is 6.94. The first-order chi connectivity index (χ1) is 12.1. The van der Waals surface area contributed by atoms with Gasteiger partial charge in [-0.05, 0) is 87.1 Å². The molecule has 0 fully saturated rings. The third-order valence-electron chi connectivity index (χ3n) is 3.18. The second-order valence-corrected chi connectivity index (χ2v) is 7.45. The van der Waals surface area contributed by atoms with Gasteiger partial charge in [-0.2, -0.15) is 13.2 Å². The highest BCUT2D eigenvalue weighted by Crippen LogP contribution is 2.35. The Morgan fingerprint density at radius 1 is 1.23 bits per heavy atom. The van der Waals surface area contributed by atoms with E-state index in [0.717, 1.165) is 6.07 Å². The van der Waals surface area contributed by atoms with Gasteiger partial charge in [0.05, 0.1) is 22.8 Å². The Hall–Kier alpha value is -1.40. The fraction of sp³-hybridized carbons (Fsp3) is 0.125. The van der Waals surface area contributed by atoms with Crippen molar-refractivity contribution < 1.29 is 22.7 Å². The van der Waals surface area contributed by atoms with Crippen LogP contribution < -0.4 is 15.4 Å². The molecule has 0 heterocycles. The van der Waals surface area contributed by atoms with Crippen LogP contribution in [0.1, 0.15) is 15.9 Å². The van der Waals surface area contributed by atoms with Gasteiger partial charge in [-0.25, -0.2) is 0 Å². The summed E-state index contributed by atoms with van der Waals surface area (Å²) in [5.41, 5.74) is -0.840. The van der Waals surface area contributed by atoms with E-state index in [2.05, 4.69) is 26.6 Å². The van der Waals surface area contributed by atoms with Gasteiger partial charge in [-0.3, -0.25) is 10.1 Å². The van der Waals surface area contributed by atoms with E-state index in [0.29, 0.717) is 13.8 Å². The van der Waals surface area contributed by atoms with E-state index < -0.39 is 17.6 Å². The molecule has 26 heavy (non-hydrogen) atoms. The minimum atomic E-state index is -4.55. The molecule has 0 aromatic heterocycles. The molecule has 0 saturated heterocycles. The second kappa shape index (κ2) is 8.53. The van der Waals surface area contributed by atoms with Crippen molar-refractivity contribution in [3.63, 3.8) is 0 Å². The van der Waals surface area contributed by atoms with Crippen molar-refractivity contribution in [1.82, 2.24) is 5.32 Å². The number of carbonyl (C=O) groups is 1. The topological polar surface area (TPSA) is 50.4 Å². The van der Waals surface area contributed by atoms with Gasteiger partial charge in [0.2, 0.25) is 0 Å². The van der Waals surface area contributed by atoms with E-state index in [4.69, 9.17) is 17.0 Å². The SMILES string of the molecule is COc1ccc(C(=O)NC(=S)Nc2ccc(I)cc2C(F)(F)F)cc1Br. The molecular formula is C16H11BrF3IN2O2S. The molecule has 2 rings (SSSR count). The molecule has 1 amide bonds. The fourth-order valence-corrected chi connectivity index (χ4v) is 3.23. The normalized spacial score (nSPS) is 11.0. The maximum Gasteiger partial charge on any atom is 0.418 e. The first kappa shape index (κ1) is 20.9. The number of carbonyl (C=O) groups excluding carboxylic acids is 1. The Morgan fingerprint density at radius 3 is 2.50 bits per heavy atom. The van der Waals surface area contributed by atoms with Crippen LogP contribution in [-0.2, 0) is 6.18 Å². The summed E-state index contributed by atoms with van der Waals surface area (Å²) < 4.78 is 45.5. The molecule has 138 valence electrons. The summed E-state index contributed by atoms with van der Waals surface area (Å²) in [5, 5.41) is 4.53. The number of halogens is 5. The lowest BCUT2D eigenvalue weighted by atomic mass is 10.1. The van der Waals surface area contributed by atoms with Crippen LogP contribution in [0.5, 0.6) is 5.75 Å². The lowest BCUT2D eigenvalue weighted by Crippen LogP contribution is -2.34.